The van der Waals surface area contributed by atoms with E-state index < -0.39 is 32.3 Å². The van der Waals surface area contributed by atoms with E-state index in [0.29, 0.717) is 52.5 Å². The van der Waals surface area contributed by atoms with Gasteiger partial charge in [0, 0.05) is 23.8 Å². The number of carbonyl (C=O) groups excluding carboxylic acids is 4. The zero-order valence-electron chi connectivity index (χ0n) is 33.8. The van der Waals surface area contributed by atoms with Gasteiger partial charge in [-0.2, -0.15) is 0 Å². The topological polar surface area (TPSA) is 175 Å². The van der Waals surface area contributed by atoms with Crippen LogP contribution in [0.15, 0.2) is 48.5 Å². The molecule has 0 aliphatic carbocycles. The summed E-state index contributed by atoms with van der Waals surface area (Å²) in [5.74, 6) is 0.760. The number of carbonyl (C=O) groups is 4. The third-order valence-electron chi connectivity index (χ3n) is 9.90. The minimum absolute atomic E-state index is 0.171. The smallest absolute Gasteiger partial charge is 0.407 e. The summed E-state index contributed by atoms with van der Waals surface area (Å²) in [6.07, 6.45) is -0.0742. The van der Waals surface area contributed by atoms with Crippen LogP contribution in [0.25, 0.3) is 33.6 Å². The molecule has 14 nitrogen and oxygen atoms in total. The number of rotatable bonds is 13. The van der Waals surface area contributed by atoms with Gasteiger partial charge >= 0.3 is 12.2 Å². The van der Waals surface area contributed by atoms with Gasteiger partial charge in [0.15, 0.2) is 0 Å². The van der Waals surface area contributed by atoms with E-state index >= 15 is 0 Å². The van der Waals surface area contributed by atoms with Crippen LogP contribution in [-0.4, -0.2) is 101 Å². The van der Waals surface area contributed by atoms with Gasteiger partial charge in [0.1, 0.15) is 45.9 Å². The SMILES string of the molecule is COC(=O)NCC(=O)N1CC(C)CC1c1nc(-c2ccc(-c3ccc(-c4nc(C(C)N(C[Si](C)(C)C)C(=O)C(NC(=O)OC)C(C)C)[nH]c4Cl)cc3)cc2)c(Cl)[nH]1. The molecule has 3 heterocycles. The van der Waals surface area contributed by atoms with Crippen molar-refractivity contribution in [2.75, 3.05) is 33.5 Å². The van der Waals surface area contributed by atoms with E-state index in [2.05, 4.69) is 51.9 Å². The minimum atomic E-state index is -1.81. The normalized spacial score (nSPS) is 16.6. The van der Waals surface area contributed by atoms with E-state index in [1.54, 1.807) is 9.80 Å². The monoisotopic (exact) mass is 838 g/mol. The van der Waals surface area contributed by atoms with Gasteiger partial charge < -0.3 is 39.9 Å². The first-order valence-electron chi connectivity index (χ1n) is 18.9. The summed E-state index contributed by atoms with van der Waals surface area (Å²) in [5.41, 5.74) is 4.70. The molecule has 1 saturated heterocycles. The Kier molecular flexibility index (Phi) is 13.8. The largest absolute Gasteiger partial charge is 0.453 e. The second-order valence-electron chi connectivity index (χ2n) is 16.0. The van der Waals surface area contributed by atoms with Crippen molar-refractivity contribution >= 4 is 55.3 Å². The number of aromatic amines is 2. The number of benzene rings is 2. The highest BCUT2D eigenvalue weighted by atomic mass is 35.5. The third-order valence-corrected chi connectivity index (χ3v) is 11.7. The predicted octanol–water partition coefficient (Wildman–Crippen LogP) is 7.85. The van der Waals surface area contributed by atoms with Gasteiger partial charge in [0.05, 0.1) is 34.4 Å². The number of imidazole rings is 2. The highest BCUT2D eigenvalue weighted by Gasteiger charge is 2.37. The summed E-state index contributed by atoms with van der Waals surface area (Å²) in [5, 5.41) is 5.90. The number of alkyl carbamates (subject to hydrolysis) is 2. The van der Waals surface area contributed by atoms with Gasteiger partial charge in [0.2, 0.25) is 11.8 Å². The van der Waals surface area contributed by atoms with Crippen molar-refractivity contribution in [2.45, 2.75) is 71.9 Å². The first-order chi connectivity index (χ1) is 26.9. The van der Waals surface area contributed by atoms with Gasteiger partial charge in [-0.25, -0.2) is 19.6 Å². The maximum absolute atomic E-state index is 14.0. The Balaban J connectivity index is 1.32. The maximum Gasteiger partial charge on any atom is 0.407 e. The fourth-order valence-corrected chi connectivity index (χ4v) is 8.91. The summed E-state index contributed by atoms with van der Waals surface area (Å²) in [4.78, 5) is 70.2. The Hall–Kier alpha value is -4.86. The van der Waals surface area contributed by atoms with E-state index in [1.165, 1.54) is 14.2 Å². The molecule has 17 heteroatoms. The minimum Gasteiger partial charge on any atom is -0.453 e. The molecule has 0 saturated carbocycles. The number of halogens is 2. The number of likely N-dealkylation sites (tertiary alicyclic amines) is 1. The van der Waals surface area contributed by atoms with E-state index in [1.807, 2.05) is 69.3 Å². The van der Waals surface area contributed by atoms with Crippen molar-refractivity contribution in [3.63, 3.8) is 0 Å². The van der Waals surface area contributed by atoms with Crippen molar-refractivity contribution < 1.29 is 28.7 Å². The molecule has 57 heavy (non-hydrogen) atoms. The second-order valence-corrected chi connectivity index (χ2v) is 22.2. The summed E-state index contributed by atoms with van der Waals surface area (Å²) in [7, 11) is 0.711. The summed E-state index contributed by atoms with van der Waals surface area (Å²) in [6, 6.07) is 14.2. The molecule has 4 unspecified atom stereocenters. The zero-order valence-corrected chi connectivity index (χ0v) is 36.3. The van der Waals surface area contributed by atoms with E-state index in [-0.39, 0.29) is 36.2 Å². The van der Waals surface area contributed by atoms with Crippen LogP contribution in [-0.2, 0) is 19.1 Å². The van der Waals surface area contributed by atoms with Crippen LogP contribution in [0, 0.1) is 11.8 Å². The number of hydrogen-bond donors (Lipinski definition) is 4. The fourth-order valence-electron chi connectivity index (χ4n) is 6.96. The van der Waals surface area contributed by atoms with Gasteiger partial charge in [-0.15, -0.1) is 0 Å². The summed E-state index contributed by atoms with van der Waals surface area (Å²) in [6.45, 7) is 14.7. The lowest BCUT2D eigenvalue weighted by molar-refractivity contribution is -0.136. The molecular formula is C40H52Cl2N8O6Si. The molecule has 0 radical (unpaired) electrons. The van der Waals surface area contributed by atoms with Crippen LogP contribution in [0.3, 0.4) is 0 Å². The molecule has 4 atom stereocenters. The maximum atomic E-state index is 14.0. The number of hydrogen-bond acceptors (Lipinski definition) is 8. The standard InChI is InChI=1S/C40H52Cl2N8O6Si/c1-22(2)31(46-40(54)56-6)38(52)50(21-57(7,8)9)24(4)36-44-32(34(41)47-36)27-14-10-25(11-15-27)26-12-16-28(17-13-26)33-35(42)48-37(45-33)29-18-23(3)20-49(29)30(51)19-43-39(53)55-5/h10-17,22-24,29,31H,18-21H2,1-9H3,(H,43,53)(H,44,47)(H,45,48)(H,46,54). The lowest BCUT2D eigenvalue weighted by atomic mass is 10.0. The highest BCUT2D eigenvalue weighted by Crippen LogP contribution is 2.38. The lowest BCUT2D eigenvalue weighted by Gasteiger charge is -2.36. The Bertz CT molecular complexity index is 2060. The van der Waals surface area contributed by atoms with E-state index in [4.69, 9.17) is 37.9 Å². The van der Waals surface area contributed by atoms with E-state index in [9.17, 15) is 19.2 Å². The average Bonchev–Trinajstić information content (AvgIpc) is 3.89. The Morgan fingerprint density at radius 1 is 0.860 bits per heavy atom. The Morgan fingerprint density at radius 3 is 1.91 bits per heavy atom. The number of amides is 4. The number of nitrogens with zero attached hydrogens (tertiary/aromatic N) is 4. The van der Waals surface area contributed by atoms with Crippen LogP contribution in [0.4, 0.5) is 9.59 Å². The zero-order chi connectivity index (χ0) is 41.8. The molecule has 4 amide bonds. The number of methoxy groups -OCH3 is 2. The molecule has 2 aromatic heterocycles. The molecule has 0 bridgehead atoms. The van der Waals surface area contributed by atoms with Crippen LogP contribution >= 0.6 is 23.2 Å². The molecule has 1 aliphatic rings. The molecule has 0 spiro atoms. The average molecular weight is 840 g/mol. The van der Waals surface area contributed by atoms with Crippen LogP contribution < -0.4 is 10.6 Å². The Labute approximate surface area is 344 Å². The predicted molar refractivity (Wildman–Crippen MR) is 223 cm³/mol. The quantitative estimate of drug-likeness (QED) is 0.0985. The highest BCUT2D eigenvalue weighted by molar-refractivity contribution is 6.76. The molecule has 4 N–H and O–H groups in total. The summed E-state index contributed by atoms with van der Waals surface area (Å²) < 4.78 is 9.40. The Morgan fingerprint density at radius 2 is 1.39 bits per heavy atom. The molecule has 1 fully saturated rings. The lowest BCUT2D eigenvalue weighted by Crippen LogP contribution is -2.55. The number of nitrogens with one attached hydrogen (secondary N) is 4. The van der Waals surface area contributed by atoms with Crippen molar-refractivity contribution in [2.24, 2.45) is 11.8 Å². The van der Waals surface area contributed by atoms with Crippen LogP contribution in [0.2, 0.25) is 29.9 Å². The fraction of sp³-hybridized carbons (Fsp3) is 0.450. The van der Waals surface area contributed by atoms with Crippen molar-refractivity contribution in [3.05, 3.63) is 70.5 Å². The first-order valence-corrected chi connectivity index (χ1v) is 23.3. The van der Waals surface area contributed by atoms with Crippen LogP contribution in [0.1, 0.15) is 57.8 Å². The number of aromatic nitrogens is 4. The first kappa shape index (κ1) is 43.3. The van der Waals surface area contributed by atoms with Gasteiger partial charge in [0.25, 0.3) is 0 Å². The molecule has 4 aromatic rings. The number of ether oxygens (including phenoxy) is 2. The molecule has 2 aromatic carbocycles. The molecule has 1 aliphatic heterocycles. The van der Waals surface area contributed by atoms with E-state index in [0.717, 1.165) is 22.3 Å². The van der Waals surface area contributed by atoms with Crippen molar-refractivity contribution in [1.29, 1.82) is 0 Å². The third kappa shape index (κ3) is 10.4. The van der Waals surface area contributed by atoms with Crippen molar-refractivity contribution in [3.8, 4) is 33.6 Å². The van der Waals surface area contributed by atoms with Gasteiger partial charge in [-0.05, 0) is 36.3 Å². The molecule has 5 rings (SSSR count). The summed E-state index contributed by atoms with van der Waals surface area (Å²) >= 11 is 13.4. The van der Waals surface area contributed by atoms with Gasteiger partial charge in [-0.3, -0.25) is 9.59 Å². The molecular weight excluding hydrogens is 787 g/mol. The second kappa shape index (κ2) is 18.2. The number of H-pyrrole nitrogens is 2. The van der Waals surface area contributed by atoms with Crippen molar-refractivity contribution in [1.82, 2.24) is 40.4 Å². The molecule has 306 valence electrons. The van der Waals surface area contributed by atoms with Gasteiger partial charge in [-0.1, -0.05) is 112 Å². The van der Waals surface area contributed by atoms with Crippen LogP contribution in [0.5, 0.6) is 0 Å².